The molecule has 2 aromatic rings. The molecule has 110 valence electrons. The number of carboxylic acid groups (broad SMARTS) is 1. The summed E-state index contributed by atoms with van der Waals surface area (Å²) in [5.41, 5.74) is -1.01. The van der Waals surface area contributed by atoms with E-state index in [1.165, 1.54) is 24.3 Å². The standard InChI is InChI=1S/C14H8ClF3O3.Na/c15-11-7-9(14(16,17)18)4-5-12(11)21-10-3-1-2-8(6-10)13(19)20;/h1-7H,(H,19,20);/q;+1/p-1. The number of alkyl halides is 3. The van der Waals surface area contributed by atoms with Crippen molar-refractivity contribution in [3.63, 3.8) is 0 Å². The van der Waals surface area contributed by atoms with E-state index < -0.39 is 17.7 Å². The van der Waals surface area contributed by atoms with E-state index in [0.717, 1.165) is 18.2 Å². The summed E-state index contributed by atoms with van der Waals surface area (Å²) in [5, 5.41) is 10.5. The van der Waals surface area contributed by atoms with Crippen molar-refractivity contribution in [1.82, 2.24) is 0 Å². The number of carboxylic acids is 1. The molecule has 0 amide bonds. The molecule has 0 bridgehead atoms. The van der Waals surface area contributed by atoms with Crippen molar-refractivity contribution in [1.29, 1.82) is 0 Å². The fourth-order valence-corrected chi connectivity index (χ4v) is 1.79. The Kier molecular flexibility index (Phi) is 6.31. The SMILES string of the molecule is O=C([O-])c1cccc(Oc2ccc(C(F)(F)F)cc2Cl)c1.[Na+]. The van der Waals surface area contributed by atoms with Crippen molar-refractivity contribution in [3.05, 3.63) is 58.6 Å². The van der Waals surface area contributed by atoms with Gasteiger partial charge in [0.05, 0.1) is 16.6 Å². The van der Waals surface area contributed by atoms with Crippen LogP contribution in [0.1, 0.15) is 15.9 Å². The van der Waals surface area contributed by atoms with E-state index in [1.54, 1.807) is 0 Å². The number of carbonyl (C=O) groups is 1. The second-order valence-electron chi connectivity index (χ2n) is 4.06. The number of carbonyl (C=O) groups excluding carboxylic acids is 1. The van der Waals surface area contributed by atoms with Crippen LogP contribution in [0.25, 0.3) is 0 Å². The summed E-state index contributed by atoms with van der Waals surface area (Å²) in [6.07, 6.45) is -4.50. The van der Waals surface area contributed by atoms with Gasteiger partial charge in [0.25, 0.3) is 0 Å². The van der Waals surface area contributed by atoms with Crippen molar-refractivity contribution < 1.29 is 57.4 Å². The van der Waals surface area contributed by atoms with Gasteiger partial charge in [-0.15, -0.1) is 0 Å². The third-order valence-electron chi connectivity index (χ3n) is 2.56. The summed E-state index contributed by atoms with van der Waals surface area (Å²) < 4.78 is 42.8. The van der Waals surface area contributed by atoms with E-state index in [-0.39, 0.29) is 51.6 Å². The second-order valence-corrected chi connectivity index (χ2v) is 4.47. The fourth-order valence-electron chi connectivity index (χ4n) is 1.57. The smallest absolute Gasteiger partial charge is 0.545 e. The second kappa shape index (κ2) is 7.37. The zero-order valence-corrected chi connectivity index (χ0v) is 14.0. The maximum atomic E-state index is 12.5. The van der Waals surface area contributed by atoms with Crippen LogP contribution in [-0.4, -0.2) is 5.97 Å². The minimum absolute atomic E-state index is 0. The van der Waals surface area contributed by atoms with Crippen LogP contribution in [0, 0.1) is 0 Å². The van der Waals surface area contributed by atoms with E-state index in [4.69, 9.17) is 16.3 Å². The molecule has 3 nitrogen and oxygen atoms in total. The molecule has 0 aromatic heterocycles. The van der Waals surface area contributed by atoms with Gasteiger partial charge in [-0.05, 0) is 30.3 Å². The van der Waals surface area contributed by atoms with Gasteiger partial charge in [0.15, 0.2) is 0 Å². The Morgan fingerprint density at radius 2 is 1.82 bits per heavy atom. The van der Waals surface area contributed by atoms with Gasteiger partial charge in [0, 0.05) is 5.56 Å². The summed E-state index contributed by atoms with van der Waals surface area (Å²) in [6, 6.07) is 7.97. The van der Waals surface area contributed by atoms with E-state index in [0.29, 0.717) is 0 Å². The van der Waals surface area contributed by atoms with Crippen LogP contribution in [0.3, 0.4) is 0 Å². The van der Waals surface area contributed by atoms with Crippen LogP contribution in [0.2, 0.25) is 5.02 Å². The quantitative estimate of drug-likeness (QED) is 0.767. The van der Waals surface area contributed by atoms with Crippen molar-refractivity contribution in [2.24, 2.45) is 0 Å². The van der Waals surface area contributed by atoms with Gasteiger partial charge in [-0.1, -0.05) is 23.7 Å². The molecule has 0 heterocycles. The van der Waals surface area contributed by atoms with E-state index in [2.05, 4.69) is 0 Å². The summed E-state index contributed by atoms with van der Waals surface area (Å²) >= 11 is 5.73. The zero-order chi connectivity index (χ0) is 15.6. The maximum Gasteiger partial charge on any atom is 1.00 e. The number of rotatable bonds is 3. The van der Waals surface area contributed by atoms with Gasteiger partial charge < -0.3 is 14.6 Å². The number of halogens is 4. The molecule has 2 rings (SSSR count). The molecular formula is C14H7ClF3NaO3. The Morgan fingerprint density at radius 3 is 2.36 bits per heavy atom. The first-order chi connectivity index (χ1) is 9.77. The minimum atomic E-state index is -4.50. The van der Waals surface area contributed by atoms with Gasteiger partial charge >= 0.3 is 35.7 Å². The molecule has 0 unspecified atom stereocenters. The van der Waals surface area contributed by atoms with Crippen LogP contribution in [0.4, 0.5) is 13.2 Å². The molecule has 2 aromatic carbocycles. The molecule has 0 radical (unpaired) electrons. The Hall–Kier alpha value is -1.21. The Bertz CT molecular complexity index is 689. The Morgan fingerprint density at radius 1 is 1.14 bits per heavy atom. The minimum Gasteiger partial charge on any atom is -0.545 e. The van der Waals surface area contributed by atoms with Gasteiger partial charge in [-0.25, -0.2) is 0 Å². The van der Waals surface area contributed by atoms with Crippen molar-refractivity contribution in [2.75, 3.05) is 0 Å². The topological polar surface area (TPSA) is 49.4 Å². The number of ether oxygens (including phenoxy) is 1. The average Bonchev–Trinajstić information content (AvgIpc) is 2.40. The van der Waals surface area contributed by atoms with Crippen LogP contribution in [0.5, 0.6) is 11.5 Å². The average molecular weight is 339 g/mol. The predicted molar refractivity (Wildman–Crippen MR) is 67.3 cm³/mol. The molecule has 0 aliphatic carbocycles. The number of hydrogen-bond acceptors (Lipinski definition) is 3. The normalized spacial score (nSPS) is 10.7. The Balaban J connectivity index is 0.00000242. The van der Waals surface area contributed by atoms with E-state index in [1.807, 2.05) is 0 Å². The van der Waals surface area contributed by atoms with Crippen molar-refractivity contribution >= 4 is 17.6 Å². The molecule has 22 heavy (non-hydrogen) atoms. The number of aromatic carboxylic acids is 1. The summed E-state index contributed by atoms with van der Waals surface area (Å²) in [5.74, 6) is -1.28. The van der Waals surface area contributed by atoms with Crippen LogP contribution < -0.4 is 39.4 Å². The molecule has 0 aliphatic rings. The van der Waals surface area contributed by atoms with Gasteiger partial charge in [0.1, 0.15) is 11.5 Å². The fraction of sp³-hybridized carbons (Fsp3) is 0.0714. The molecule has 0 saturated heterocycles. The van der Waals surface area contributed by atoms with E-state index in [9.17, 15) is 23.1 Å². The molecule has 0 fully saturated rings. The predicted octanol–water partition coefficient (Wildman–Crippen LogP) is 0.519. The first kappa shape index (κ1) is 18.8. The molecule has 0 aliphatic heterocycles. The third-order valence-corrected chi connectivity index (χ3v) is 2.85. The molecule has 0 N–H and O–H groups in total. The molecular weight excluding hydrogens is 332 g/mol. The van der Waals surface area contributed by atoms with Crippen LogP contribution in [0.15, 0.2) is 42.5 Å². The monoisotopic (exact) mass is 338 g/mol. The number of hydrogen-bond donors (Lipinski definition) is 0. The molecule has 0 saturated carbocycles. The summed E-state index contributed by atoms with van der Waals surface area (Å²) in [6.45, 7) is 0. The van der Waals surface area contributed by atoms with E-state index >= 15 is 0 Å². The van der Waals surface area contributed by atoms with Gasteiger partial charge in [-0.2, -0.15) is 13.2 Å². The van der Waals surface area contributed by atoms with Gasteiger partial charge in [-0.3, -0.25) is 0 Å². The molecule has 0 atom stereocenters. The first-order valence-corrected chi connectivity index (χ1v) is 6.01. The molecule has 8 heteroatoms. The summed E-state index contributed by atoms with van der Waals surface area (Å²) in [7, 11) is 0. The third kappa shape index (κ3) is 4.64. The number of benzene rings is 2. The summed E-state index contributed by atoms with van der Waals surface area (Å²) in [4.78, 5) is 10.7. The largest absolute Gasteiger partial charge is 1.00 e. The zero-order valence-electron chi connectivity index (χ0n) is 11.3. The maximum absolute atomic E-state index is 12.5. The molecule has 0 spiro atoms. The Labute approximate surface area is 151 Å². The van der Waals surface area contributed by atoms with Crippen molar-refractivity contribution in [2.45, 2.75) is 6.18 Å². The van der Waals surface area contributed by atoms with Gasteiger partial charge in [0.2, 0.25) is 0 Å². The van der Waals surface area contributed by atoms with Crippen LogP contribution >= 0.6 is 11.6 Å². The first-order valence-electron chi connectivity index (χ1n) is 5.63. The van der Waals surface area contributed by atoms with Crippen LogP contribution in [-0.2, 0) is 6.18 Å². The van der Waals surface area contributed by atoms with Crippen molar-refractivity contribution in [3.8, 4) is 11.5 Å².